The minimum absolute atomic E-state index is 0.0148. The largest absolute Gasteiger partial charge is 0.455 e. The highest BCUT2D eigenvalue weighted by Crippen LogP contribution is 2.49. The molecule has 0 radical (unpaired) electrons. The van der Waals surface area contributed by atoms with Crippen molar-refractivity contribution in [1.82, 2.24) is 0 Å². The fraction of sp³-hybridized carbons (Fsp3) is 0. The molecule has 1 heterocycles. The number of hydrogen-bond donors (Lipinski definition) is 0. The summed E-state index contributed by atoms with van der Waals surface area (Å²) in [7, 11) is 0. The van der Waals surface area contributed by atoms with Crippen LogP contribution in [-0.4, -0.2) is 0 Å². The Labute approximate surface area is 268 Å². The lowest BCUT2D eigenvalue weighted by Gasteiger charge is -2.20. The van der Waals surface area contributed by atoms with Gasteiger partial charge in [-0.05, 0) is 83.1 Å². The van der Waals surface area contributed by atoms with E-state index in [-0.39, 0.29) is 40.5 Å². The van der Waals surface area contributed by atoms with Crippen LogP contribution in [0.2, 0.25) is 0 Å². The summed E-state index contributed by atoms with van der Waals surface area (Å²) in [4.78, 5) is 0. The smallest absolute Gasteiger partial charge is 0.143 e. The van der Waals surface area contributed by atoms with Crippen LogP contribution in [0.15, 0.2) is 162 Å². The number of rotatable bonds is 2. The van der Waals surface area contributed by atoms with Gasteiger partial charge in [0.05, 0.1) is 8.22 Å². The van der Waals surface area contributed by atoms with E-state index in [1.165, 1.54) is 5.39 Å². The Morgan fingerprint density at radius 2 is 0.956 bits per heavy atom. The summed E-state index contributed by atoms with van der Waals surface area (Å²) in [6.07, 6.45) is 0. The number of fused-ring (bicyclic) bond motifs is 8. The molecule has 0 saturated heterocycles. The molecule has 1 heteroatoms. The van der Waals surface area contributed by atoms with Gasteiger partial charge in [-0.1, -0.05) is 139 Å². The molecule has 0 spiro atoms. The Hall–Kier alpha value is -5.92. The summed E-state index contributed by atoms with van der Waals surface area (Å²) in [5, 5.41) is 9.41. The third kappa shape index (κ3) is 3.50. The van der Waals surface area contributed by atoms with E-state index < -0.39 is 12.1 Å². The zero-order valence-electron chi connectivity index (χ0n) is 30.0. The summed E-state index contributed by atoms with van der Waals surface area (Å²) >= 11 is 0. The first kappa shape index (κ1) is 19.4. The van der Waals surface area contributed by atoms with Crippen LogP contribution in [-0.2, 0) is 0 Å². The van der Waals surface area contributed by atoms with Gasteiger partial charge in [-0.25, -0.2) is 0 Å². The molecule has 208 valence electrons. The predicted octanol–water partition coefficient (Wildman–Crippen LogP) is 12.7. The molecule has 0 atom stereocenters. The van der Waals surface area contributed by atoms with E-state index in [1.807, 2.05) is 36.4 Å². The van der Waals surface area contributed by atoms with Crippen molar-refractivity contribution in [2.75, 3.05) is 0 Å². The van der Waals surface area contributed by atoms with Gasteiger partial charge in [-0.3, -0.25) is 0 Å². The third-order valence-corrected chi connectivity index (χ3v) is 9.12. The molecule has 9 aromatic carbocycles. The van der Waals surface area contributed by atoms with Crippen LogP contribution in [0.4, 0.5) is 0 Å². The quantitative estimate of drug-likeness (QED) is 0.187. The normalized spacial score (nSPS) is 13.9. The molecule has 1 aromatic heterocycles. The van der Waals surface area contributed by atoms with Crippen LogP contribution in [0.25, 0.3) is 98.1 Å². The lowest BCUT2D eigenvalue weighted by molar-refractivity contribution is 0.671. The monoisotopic (exact) mass is 576 g/mol. The Bertz CT molecular complexity index is 3100. The van der Waals surface area contributed by atoms with Gasteiger partial charge in [0, 0.05) is 21.9 Å². The predicted molar refractivity (Wildman–Crippen MR) is 192 cm³/mol. The Balaban J connectivity index is 1.44. The molecule has 0 fully saturated rings. The summed E-state index contributed by atoms with van der Waals surface area (Å²) in [5.74, 6) is 0. The lowest BCUT2D eigenvalue weighted by atomic mass is 9.83. The fourth-order valence-electron chi connectivity index (χ4n) is 7.23. The Morgan fingerprint density at radius 3 is 1.67 bits per heavy atom. The zero-order chi connectivity index (χ0) is 34.7. The first-order valence-corrected chi connectivity index (χ1v) is 15.0. The molecule has 0 amide bonds. The van der Waals surface area contributed by atoms with E-state index in [0.717, 1.165) is 60.0 Å². The maximum atomic E-state index is 9.38. The highest BCUT2D eigenvalue weighted by molar-refractivity contribution is 6.29. The molecule has 10 aromatic rings. The lowest BCUT2D eigenvalue weighted by Crippen LogP contribution is -1.92. The van der Waals surface area contributed by atoms with E-state index >= 15 is 0 Å². The minimum Gasteiger partial charge on any atom is -0.455 e. The molecule has 1 nitrogen and oxygen atoms in total. The topological polar surface area (TPSA) is 13.1 Å². The number of furan rings is 1. The van der Waals surface area contributed by atoms with Crippen LogP contribution in [0.1, 0.15) is 8.22 Å². The van der Waals surface area contributed by atoms with Gasteiger partial charge in [0.15, 0.2) is 0 Å². The number of benzene rings is 9. The van der Waals surface area contributed by atoms with Crippen molar-refractivity contribution in [3.63, 3.8) is 0 Å². The molecule has 0 saturated carbocycles. The molecule has 0 bridgehead atoms. The summed E-state index contributed by atoms with van der Waals surface area (Å²) in [5.41, 5.74) is 4.72. The van der Waals surface area contributed by atoms with Gasteiger partial charge >= 0.3 is 0 Å². The van der Waals surface area contributed by atoms with Crippen molar-refractivity contribution in [1.29, 1.82) is 0 Å². The molecule has 45 heavy (non-hydrogen) atoms. The zero-order valence-corrected chi connectivity index (χ0v) is 24.0. The Morgan fingerprint density at radius 1 is 0.400 bits per heavy atom. The van der Waals surface area contributed by atoms with Gasteiger partial charge < -0.3 is 4.42 Å². The van der Waals surface area contributed by atoms with Crippen LogP contribution in [0.5, 0.6) is 0 Å². The third-order valence-electron chi connectivity index (χ3n) is 9.12. The molecule has 0 aliphatic rings. The van der Waals surface area contributed by atoms with Crippen LogP contribution >= 0.6 is 0 Å². The minimum atomic E-state index is -0.438. The summed E-state index contributed by atoms with van der Waals surface area (Å²) in [6, 6.07) is 40.0. The molecule has 0 aliphatic heterocycles. The van der Waals surface area contributed by atoms with Gasteiger partial charge in [0.2, 0.25) is 0 Å². The maximum absolute atomic E-state index is 9.38. The van der Waals surface area contributed by atoms with E-state index in [4.69, 9.17) is 9.90 Å². The summed E-state index contributed by atoms with van der Waals surface area (Å²) < 4.78 is 59.4. The SMILES string of the molecule is [2H]c1c([2H])c([2H])c2c([2H])c3c(oc4c(-c5c6ccccc6c(-c6cccc7ccccc67)c6ccccc56)c5ccccc5cc43)c([2H])c2c1[2H]. The van der Waals surface area contributed by atoms with E-state index in [1.54, 1.807) is 0 Å². The highest BCUT2D eigenvalue weighted by atomic mass is 16.3. The number of hydrogen-bond acceptors (Lipinski definition) is 1. The summed E-state index contributed by atoms with van der Waals surface area (Å²) in [6.45, 7) is 0. The highest BCUT2D eigenvalue weighted by Gasteiger charge is 2.23. The van der Waals surface area contributed by atoms with Crippen LogP contribution < -0.4 is 0 Å². The molecule has 0 aliphatic carbocycles. The van der Waals surface area contributed by atoms with Crippen molar-refractivity contribution < 1.29 is 12.6 Å². The van der Waals surface area contributed by atoms with Crippen molar-refractivity contribution in [3.05, 3.63) is 158 Å². The fourth-order valence-corrected chi connectivity index (χ4v) is 7.23. The second-order valence-corrected chi connectivity index (χ2v) is 11.5. The van der Waals surface area contributed by atoms with Crippen LogP contribution in [0, 0.1) is 0 Å². The average Bonchev–Trinajstić information content (AvgIpc) is 3.55. The molecule has 0 unspecified atom stereocenters. The van der Waals surface area contributed by atoms with Crippen molar-refractivity contribution >= 4 is 75.8 Å². The molecular weight excluding hydrogens is 544 g/mol. The van der Waals surface area contributed by atoms with Crippen LogP contribution in [0.3, 0.4) is 0 Å². The average molecular weight is 577 g/mol. The van der Waals surface area contributed by atoms with Crippen molar-refractivity contribution in [3.8, 4) is 22.3 Å². The maximum Gasteiger partial charge on any atom is 0.143 e. The molecule has 0 N–H and O–H groups in total. The van der Waals surface area contributed by atoms with E-state index in [0.29, 0.717) is 16.4 Å². The standard InChI is InChI=1S/C44H26O/c1-2-14-29-26-40-38(24-28(29)13-1)39-25-30-15-4-6-18-32(30)43(44(39)45-40)42-36-21-9-7-19-34(36)41(35-20-8-10-22-37(35)42)33-23-11-16-27-12-3-5-17-31(27)33/h1-26H/i1D,2D,13D,14D,24D,26D. The molecular formula is C44H26O. The molecule has 10 rings (SSSR count). The second kappa shape index (κ2) is 9.29. The van der Waals surface area contributed by atoms with Gasteiger partial charge in [-0.15, -0.1) is 0 Å². The van der Waals surface area contributed by atoms with Gasteiger partial charge in [-0.2, -0.15) is 0 Å². The van der Waals surface area contributed by atoms with Crippen molar-refractivity contribution in [2.45, 2.75) is 0 Å². The first-order chi connectivity index (χ1) is 24.8. The first-order valence-electron chi connectivity index (χ1n) is 18.0. The van der Waals surface area contributed by atoms with Crippen molar-refractivity contribution in [2.24, 2.45) is 0 Å². The van der Waals surface area contributed by atoms with E-state index in [2.05, 4.69) is 84.9 Å². The van der Waals surface area contributed by atoms with E-state index in [9.17, 15) is 2.74 Å². The van der Waals surface area contributed by atoms with Gasteiger partial charge in [0.1, 0.15) is 11.2 Å². The van der Waals surface area contributed by atoms with Gasteiger partial charge in [0.25, 0.3) is 0 Å². The second-order valence-electron chi connectivity index (χ2n) is 11.5. The Kier molecular flexibility index (Phi) is 4.00.